The van der Waals surface area contributed by atoms with Crippen LogP contribution in [0.2, 0.25) is 0 Å². The smallest absolute Gasteiger partial charge is 0.328 e. The van der Waals surface area contributed by atoms with Gasteiger partial charge in [-0.3, -0.25) is 14.4 Å². The lowest BCUT2D eigenvalue weighted by Gasteiger charge is -2.19. The van der Waals surface area contributed by atoms with Gasteiger partial charge in [-0.05, 0) is 26.2 Å². The zero-order chi connectivity index (χ0) is 19.7. The van der Waals surface area contributed by atoms with E-state index in [2.05, 4.69) is 16.0 Å². The molecule has 10 heteroatoms. The third kappa shape index (κ3) is 9.01. The Balaban J connectivity index is 4.38. The highest BCUT2D eigenvalue weighted by atomic mass is 16.4. The van der Waals surface area contributed by atoms with E-state index in [9.17, 15) is 24.3 Å². The zero-order valence-electron chi connectivity index (χ0n) is 14.9. The number of rotatable bonds is 10. The first-order valence-electron chi connectivity index (χ1n) is 7.99. The van der Waals surface area contributed by atoms with E-state index in [1.54, 1.807) is 0 Å². The lowest BCUT2D eigenvalue weighted by atomic mass is 10.0. The van der Waals surface area contributed by atoms with Crippen molar-refractivity contribution in [2.24, 2.45) is 11.7 Å². The number of nitrogens with one attached hydrogen (secondary N) is 3. The van der Waals surface area contributed by atoms with Crippen LogP contribution in [0.4, 0.5) is 0 Å². The summed E-state index contributed by atoms with van der Waals surface area (Å²) in [5, 5.41) is 24.9. The van der Waals surface area contributed by atoms with Gasteiger partial charge in [0, 0.05) is 0 Å². The molecule has 3 amide bonds. The van der Waals surface area contributed by atoms with Gasteiger partial charge in [0.15, 0.2) is 6.04 Å². The highest BCUT2D eigenvalue weighted by Gasteiger charge is 2.25. The van der Waals surface area contributed by atoms with Crippen LogP contribution in [0.3, 0.4) is 0 Å². The van der Waals surface area contributed by atoms with Crippen LogP contribution >= 0.6 is 0 Å². The fourth-order valence-electron chi connectivity index (χ4n) is 1.93. The number of amides is 3. The molecule has 0 aliphatic rings. The molecule has 0 aromatic heterocycles. The molecule has 0 saturated heterocycles. The number of aliphatic carboxylic acids is 1. The third-order valence-electron chi connectivity index (χ3n) is 3.30. The van der Waals surface area contributed by atoms with Crippen LogP contribution < -0.4 is 21.7 Å². The second-order valence-electron chi connectivity index (χ2n) is 6.31. The van der Waals surface area contributed by atoms with E-state index in [4.69, 9.17) is 10.8 Å². The van der Waals surface area contributed by atoms with Gasteiger partial charge in [-0.15, -0.1) is 0 Å². The Hall–Kier alpha value is -2.20. The van der Waals surface area contributed by atoms with Gasteiger partial charge in [-0.25, -0.2) is 4.79 Å². The first kappa shape index (κ1) is 22.8. The molecule has 0 aromatic rings. The van der Waals surface area contributed by atoms with Crippen molar-refractivity contribution in [3.63, 3.8) is 0 Å². The number of aliphatic hydroxyl groups is 1. The lowest BCUT2D eigenvalue weighted by Crippen LogP contribution is -2.53. The maximum absolute atomic E-state index is 11.9. The number of hydrogen-bond donors (Lipinski definition) is 6. The van der Waals surface area contributed by atoms with Crippen LogP contribution in [-0.2, 0) is 19.2 Å². The second-order valence-corrected chi connectivity index (χ2v) is 6.31. The van der Waals surface area contributed by atoms with E-state index in [0.717, 1.165) is 0 Å². The summed E-state index contributed by atoms with van der Waals surface area (Å²) in [4.78, 5) is 46.2. The predicted octanol–water partition coefficient (Wildman–Crippen LogP) is -2.07. The van der Waals surface area contributed by atoms with Crippen molar-refractivity contribution in [3.05, 3.63) is 0 Å². The molecule has 4 atom stereocenters. The van der Waals surface area contributed by atoms with Crippen molar-refractivity contribution in [2.45, 2.75) is 58.3 Å². The molecular weight excluding hydrogens is 332 g/mol. The van der Waals surface area contributed by atoms with Gasteiger partial charge in [-0.2, -0.15) is 0 Å². The Morgan fingerprint density at radius 1 is 1.00 bits per heavy atom. The molecule has 4 unspecified atom stereocenters. The average molecular weight is 360 g/mol. The number of carbonyl (C=O) groups is 4. The highest BCUT2D eigenvalue weighted by Crippen LogP contribution is 2.02. The van der Waals surface area contributed by atoms with E-state index in [1.807, 2.05) is 13.8 Å². The van der Waals surface area contributed by atoms with Crippen LogP contribution in [0.1, 0.15) is 34.1 Å². The fraction of sp³-hybridized carbons (Fsp3) is 0.733. The summed E-state index contributed by atoms with van der Waals surface area (Å²) in [5.74, 6) is -3.04. The van der Waals surface area contributed by atoms with Crippen molar-refractivity contribution in [1.29, 1.82) is 0 Å². The second kappa shape index (κ2) is 10.6. The first-order valence-corrected chi connectivity index (χ1v) is 7.99. The van der Waals surface area contributed by atoms with Crippen molar-refractivity contribution in [3.8, 4) is 0 Å². The van der Waals surface area contributed by atoms with Crippen LogP contribution in [0.15, 0.2) is 0 Å². The van der Waals surface area contributed by atoms with Crippen LogP contribution in [0.25, 0.3) is 0 Å². The monoisotopic (exact) mass is 360 g/mol. The quantitative estimate of drug-likeness (QED) is 0.260. The summed E-state index contributed by atoms with van der Waals surface area (Å²) in [6, 6.07) is -3.12. The van der Waals surface area contributed by atoms with E-state index < -0.39 is 54.5 Å². The molecule has 0 aliphatic heterocycles. The van der Waals surface area contributed by atoms with Gasteiger partial charge >= 0.3 is 5.97 Å². The molecule has 0 heterocycles. The molecule has 0 radical (unpaired) electrons. The van der Waals surface area contributed by atoms with Gasteiger partial charge < -0.3 is 31.9 Å². The number of carbonyl (C=O) groups excluding carboxylic acids is 3. The SMILES string of the molecule is CC(C)CC(N)C(=O)NC(C)C(=O)NCC(=O)NC(C(=O)O)C(C)O. The van der Waals surface area contributed by atoms with Crippen LogP contribution in [-0.4, -0.2) is 64.7 Å². The minimum absolute atomic E-state index is 0.227. The maximum atomic E-state index is 11.9. The number of nitrogens with two attached hydrogens (primary N) is 1. The van der Waals surface area contributed by atoms with Gasteiger partial charge in [0.25, 0.3) is 0 Å². The molecule has 144 valence electrons. The van der Waals surface area contributed by atoms with E-state index in [1.165, 1.54) is 13.8 Å². The topological polar surface area (TPSA) is 171 Å². The standard InChI is InChI=1S/C15H28N4O6/c1-7(2)5-10(16)14(23)18-8(3)13(22)17-6-11(21)19-12(9(4)20)15(24)25/h7-10,12,20H,5-6,16H2,1-4H3,(H,17,22)(H,18,23)(H,19,21)(H,24,25). The van der Waals surface area contributed by atoms with E-state index in [0.29, 0.717) is 6.42 Å². The number of hydrogen-bond acceptors (Lipinski definition) is 6. The number of carboxylic acids is 1. The van der Waals surface area contributed by atoms with Crippen LogP contribution in [0.5, 0.6) is 0 Å². The first-order chi connectivity index (χ1) is 11.5. The minimum atomic E-state index is -1.48. The Morgan fingerprint density at radius 2 is 1.56 bits per heavy atom. The molecule has 25 heavy (non-hydrogen) atoms. The Morgan fingerprint density at radius 3 is 2.00 bits per heavy atom. The van der Waals surface area contributed by atoms with Gasteiger partial charge in [0.2, 0.25) is 17.7 Å². The summed E-state index contributed by atoms with van der Waals surface area (Å²) in [5.41, 5.74) is 5.71. The average Bonchev–Trinajstić information content (AvgIpc) is 2.48. The number of carboxylic acid groups (broad SMARTS) is 1. The highest BCUT2D eigenvalue weighted by molar-refractivity contribution is 5.92. The normalized spacial score (nSPS) is 15.6. The lowest BCUT2D eigenvalue weighted by molar-refractivity contribution is -0.144. The summed E-state index contributed by atoms with van der Waals surface area (Å²) in [6.07, 6.45) is -0.823. The molecule has 7 N–H and O–H groups in total. The Labute approximate surface area is 146 Å². The van der Waals surface area contributed by atoms with Gasteiger partial charge in [0.05, 0.1) is 18.7 Å². The van der Waals surface area contributed by atoms with Gasteiger partial charge in [0.1, 0.15) is 6.04 Å². The summed E-state index contributed by atoms with van der Waals surface area (Å²) < 4.78 is 0. The molecular formula is C15H28N4O6. The summed E-state index contributed by atoms with van der Waals surface area (Å²) in [6.45, 7) is 5.99. The molecule has 0 bridgehead atoms. The maximum Gasteiger partial charge on any atom is 0.328 e. The predicted molar refractivity (Wildman–Crippen MR) is 89.3 cm³/mol. The fourth-order valence-corrected chi connectivity index (χ4v) is 1.93. The zero-order valence-corrected chi connectivity index (χ0v) is 14.9. The number of aliphatic hydroxyl groups excluding tert-OH is 1. The van der Waals surface area contributed by atoms with Crippen molar-refractivity contribution >= 4 is 23.7 Å². The molecule has 0 aromatic carbocycles. The van der Waals surface area contributed by atoms with Gasteiger partial charge in [-0.1, -0.05) is 13.8 Å². The largest absolute Gasteiger partial charge is 0.480 e. The summed E-state index contributed by atoms with van der Waals surface area (Å²) in [7, 11) is 0. The van der Waals surface area contributed by atoms with Crippen molar-refractivity contribution < 1.29 is 29.4 Å². The Bertz CT molecular complexity index is 494. The minimum Gasteiger partial charge on any atom is -0.480 e. The molecule has 0 rings (SSSR count). The molecule has 0 spiro atoms. The van der Waals surface area contributed by atoms with E-state index in [-0.39, 0.29) is 5.92 Å². The molecule has 10 nitrogen and oxygen atoms in total. The molecule has 0 saturated carbocycles. The van der Waals surface area contributed by atoms with Crippen molar-refractivity contribution in [1.82, 2.24) is 16.0 Å². The van der Waals surface area contributed by atoms with Crippen molar-refractivity contribution in [2.75, 3.05) is 6.54 Å². The van der Waals surface area contributed by atoms with Crippen LogP contribution in [0, 0.1) is 5.92 Å². The summed E-state index contributed by atoms with van der Waals surface area (Å²) >= 11 is 0. The third-order valence-corrected chi connectivity index (χ3v) is 3.30. The van der Waals surface area contributed by atoms with E-state index >= 15 is 0 Å². The Kier molecular flexibility index (Phi) is 9.69. The molecule has 0 aliphatic carbocycles. The molecule has 0 fully saturated rings.